The summed E-state index contributed by atoms with van der Waals surface area (Å²) < 4.78 is 52.5. The molecule has 3 rings (SSSR count). The number of hydrogen-bond acceptors (Lipinski definition) is 6. The number of pyridine rings is 1. The number of nitrogens with one attached hydrogen (secondary N) is 1. The first kappa shape index (κ1) is 21.6. The summed E-state index contributed by atoms with van der Waals surface area (Å²) in [5, 5.41) is 2.47. The maximum atomic E-state index is 12.9. The number of rotatable bonds is 6. The maximum Gasteiger partial charge on any atom is 0.290 e. The number of likely N-dealkylation sites (N-methyl/N-ethyl adjacent to an activating group) is 1. The summed E-state index contributed by atoms with van der Waals surface area (Å²) in [6.07, 6.45) is 1.32. The number of alkyl halides is 2. The van der Waals surface area contributed by atoms with Gasteiger partial charge in [-0.1, -0.05) is 6.07 Å². The Morgan fingerprint density at radius 3 is 2.59 bits per heavy atom. The zero-order chi connectivity index (χ0) is 21.0. The van der Waals surface area contributed by atoms with Crippen LogP contribution in [0.2, 0.25) is 0 Å². The Labute approximate surface area is 172 Å². The van der Waals surface area contributed by atoms with Crippen LogP contribution in [0.15, 0.2) is 52.5 Å². The molecule has 0 bridgehead atoms. The van der Waals surface area contributed by atoms with E-state index in [1.165, 1.54) is 46.9 Å². The fourth-order valence-electron chi connectivity index (χ4n) is 2.85. The lowest BCUT2D eigenvalue weighted by molar-refractivity contribution is 0.102. The third-order valence-corrected chi connectivity index (χ3v) is 7.03. The molecular formula is C18H20F2N4O3S2. The summed E-state index contributed by atoms with van der Waals surface area (Å²) in [7, 11) is -1.76. The smallest absolute Gasteiger partial charge is 0.290 e. The summed E-state index contributed by atoms with van der Waals surface area (Å²) in [6.45, 7) is 2.06. The first-order chi connectivity index (χ1) is 13.8. The molecule has 156 valence electrons. The lowest BCUT2D eigenvalue weighted by atomic mass is 10.2. The summed E-state index contributed by atoms with van der Waals surface area (Å²) in [6, 6.07) is 8.75. The van der Waals surface area contributed by atoms with Gasteiger partial charge in [-0.05, 0) is 49.1 Å². The number of anilines is 1. The van der Waals surface area contributed by atoms with Crippen LogP contribution in [-0.2, 0) is 10.0 Å². The number of hydrogen-bond donors (Lipinski definition) is 1. The van der Waals surface area contributed by atoms with Gasteiger partial charge in [-0.25, -0.2) is 13.4 Å². The minimum atomic E-state index is -3.69. The lowest BCUT2D eigenvalue weighted by Gasteiger charge is -2.31. The Hall–Kier alpha value is -2.08. The predicted octanol–water partition coefficient (Wildman–Crippen LogP) is 2.58. The molecule has 1 aromatic carbocycles. The van der Waals surface area contributed by atoms with Crippen molar-refractivity contribution in [3.05, 3.63) is 48.2 Å². The third-order valence-electron chi connectivity index (χ3n) is 4.41. The van der Waals surface area contributed by atoms with Crippen LogP contribution in [0.4, 0.5) is 14.5 Å². The van der Waals surface area contributed by atoms with E-state index >= 15 is 0 Å². The number of sulfonamides is 1. The second-order valence-electron chi connectivity index (χ2n) is 6.42. The Morgan fingerprint density at radius 1 is 1.17 bits per heavy atom. The molecule has 0 unspecified atom stereocenters. The van der Waals surface area contributed by atoms with E-state index in [1.54, 1.807) is 0 Å². The highest BCUT2D eigenvalue weighted by Crippen LogP contribution is 2.27. The summed E-state index contributed by atoms with van der Waals surface area (Å²) in [4.78, 5) is 18.5. The highest BCUT2D eigenvalue weighted by Gasteiger charge is 2.27. The number of carbonyl (C=O) groups excluding carboxylic acids is 1. The number of amides is 1. The minimum absolute atomic E-state index is 0.00914. The number of carbonyl (C=O) groups is 1. The van der Waals surface area contributed by atoms with Crippen LogP contribution in [0.3, 0.4) is 0 Å². The van der Waals surface area contributed by atoms with Gasteiger partial charge in [0, 0.05) is 38.1 Å². The SMILES string of the molecule is CN1CCN(S(=O)(=O)c2cccc(NC(=O)c3cccnc3SC(F)F)c2)CC1. The van der Waals surface area contributed by atoms with Gasteiger partial charge in [-0.2, -0.15) is 13.1 Å². The van der Waals surface area contributed by atoms with Crippen molar-refractivity contribution in [1.29, 1.82) is 0 Å². The largest absolute Gasteiger partial charge is 0.322 e. The van der Waals surface area contributed by atoms with Crippen LogP contribution in [0.25, 0.3) is 0 Å². The van der Waals surface area contributed by atoms with Crippen LogP contribution in [0.5, 0.6) is 0 Å². The van der Waals surface area contributed by atoms with Gasteiger partial charge in [0.1, 0.15) is 5.03 Å². The Kier molecular flexibility index (Phi) is 6.83. The summed E-state index contributed by atoms with van der Waals surface area (Å²) >= 11 is 0.178. The van der Waals surface area contributed by atoms with Crippen molar-refractivity contribution in [2.75, 3.05) is 38.5 Å². The predicted molar refractivity (Wildman–Crippen MR) is 107 cm³/mol. The molecule has 11 heteroatoms. The standard InChI is InChI=1S/C18H20F2N4O3S2/c1-23-8-10-24(11-9-23)29(26,27)14-5-2-4-13(12-14)22-16(25)15-6-3-7-21-17(15)28-18(19)20/h2-7,12,18H,8-11H2,1H3,(H,22,25). The Bertz CT molecular complexity index is 981. The molecule has 1 N–H and O–H groups in total. The molecular weight excluding hydrogens is 422 g/mol. The van der Waals surface area contributed by atoms with Gasteiger partial charge in [0.25, 0.3) is 11.7 Å². The van der Waals surface area contributed by atoms with Gasteiger partial charge in [0.05, 0.1) is 10.5 Å². The van der Waals surface area contributed by atoms with Crippen LogP contribution >= 0.6 is 11.8 Å². The molecule has 1 amide bonds. The first-order valence-electron chi connectivity index (χ1n) is 8.77. The van der Waals surface area contributed by atoms with Gasteiger partial charge in [-0.15, -0.1) is 0 Å². The molecule has 1 saturated heterocycles. The quantitative estimate of drug-likeness (QED) is 0.693. The third kappa shape index (κ3) is 5.30. The molecule has 0 aliphatic carbocycles. The average molecular weight is 443 g/mol. The molecule has 1 aromatic heterocycles. The minimum Gasteiger partial charge on any atom is -0.322 e. The van der Waals surface area contributed by atoms with Crippen LogP contribution in [0, 0.1) is 0 Å². The second-order valence-corrected chi connectivity index (χ2v) is 9.34. The van der Waals surface area contributed by atoms with Gasteiger partial charge >= 0.3 is 0 Å². The molecule has 29 heavy (non-hydrogen) atoms. The summed E-state index contributed by atoms with van der Waals surface area (Å²) in [5.74, 6) is -3.36. The van der Waals surface area contributed by atoms with Crippen molar-refractivity contribution >= 4 is 33.4 Å². The fraction of sp³-hybridized carbons (Fsp3) is 0.333. The van der Waals surface area contributed by atoms with Crippen molar-refractivity contribution in [1.82, 2.24) is 14.2 Å². The van der Waals surface area contributed by atoms with Crippen molar-refractivity contribution in [2.45, 2.75) is 15.7 Å². The highest BCUT2D eigenvalue weighted by atomic mass is 32.2. The van der Waals surface area contributed by atoms with Gasteiger partial charge in [0.15, 0.2) is 0 Å². The van der Waals surface area contributed by atoms with E-state index in [0.29, 0.717) is 26.2 Å². The molecule has 2 heterocycles. The number of benzene rings is 1. The van der Waals surface area contributed by atoms with E-state index in [1.807, 2.05) is 11.9 Å². The van der Waals surface area contributed by atoms with Gasteiger partial charge < -0.3 is 10.2 Å². The van der Waals surface area contributed by atoms with E-state index in [4.69, 9.17) is 0 Å². The van der Waals surface area contributed by atoms with Crippen LogP contribution in [0.1, 0.15) is 10.4 Å². The highest BCUT2D eigenvalue weighted by molar-refractivity contribution is 7.99. The van der Waals surface area contributed by atoms with E-state index in [-0.39, 0.29) is 32.9 Å². The number of halogens is 2. The van der Waals surface area contributed by atoms with Crippen molar-refractivity contribution in [3.63, 3.8) is 0 Å². The van der Waals surface area contributed by atoms with Gasteiger partial charge in [-0.3, -0.25) is 4.79 Å². The second kappa shape index (κ2) is 9.16. The molecule has 1 aliphatic heterocycles. The number of aromatic nitrogens is 1. The number of nitrogens with zero attached hydrogens (tertiary/aromatic N) is 3. The number of thioether (sulfide) groups is 1. The fourth-order valence-corrected chi connectivity index (χ4v) is 4.90. The molecule has 2 aromatic rings. The van der Waals surface area contributed by atoms with Crippen molar-refractivity contribution < 1.29 is 22.0 Å². The Balaban J connectivity index is 1.79. The lowest BCUT2D eigenvalue weighted by Crippen LogP contribution is -2.47. The van der Waals surface area contributed by atoms with E-state index in [2.05, 4.69) is 10.3 Å². The Morgan fingerprint density at radius 2 is 1.90 bits per heavy atom. The summed E-state index contributed by atoms with van der Waals surface area (Å²) in [5.41, 5.74) is 0.243. The monoisotopic (exact) mass is 442 g/mol. The van der Waals surface area contributed by atoms with E-state index < -0.39 is 21.7 Å². The molecule has 0 radical (unpaired) electrons. The van der Waals surface area contributed by atoms with Crippen molar-refractivity contribution in [2.24, 2.45) is 0 Å². The molecule has 0 atom stereocenters. The van der Waals surface area contributed by atoms with Crippen molar-refractivity contribution in [3.8, 4) is 0 Å². The van der Waals surface area contributed by atoms with E-state index in [0.717, 1.165) is 0 Å². The van der Waals surface area contributed by atoms with Gasteiger partial charge in [0.2, 0.25) is 10.0 Å². The zero-order valence-electron chi connectivity index (χ0n) is 15.6. The maximum absolute atomic E-state index is 12.9. The normalized spacial score (nSPS) is 16.1. The van der Waals surface area contributed by atoms with Crippen LogP contribution < -0.4 is 5.32 Å². The van der Waals surface area contributed by atoms with Crippen LogP contribution in [-0.4, -0.2) is 67.5 Å². The number of piperazine rings is 1. The molecule has 0 saturated carbocycles. The molecule has 1 aliphatic rings. The first-order valence-corrected chi connectivity index (χ1v) is 11.1. The average Bonchev–Trinajstić information content (AvgIpc) is 2.68. The molecule has 1 fully saturated rings. The molecule has 0 spiro atoms. The topological polar surface area (TPSA) is 82.6 Å². The molecule has 7 nitrogen and oxygen atoms in total. The van der Waals surface area contributed by atoms with E-state index in [9.17, 15) is 22.0 Å². The zero-order valence-corrected chi connectivity index (χ0v) is 17.2.